The van der Waals surface area contributed by atoms with Crippen LogP contribution >= 0.6 is 31.9 Å². The number of carbonyl (C=O) groups is 1. The van der Waals surface area contributed by atoms with Crippen LogP contribution in [-0.4, -0.2) is 24.2 Å². The van der Waals surface area contributed by atoms with Crippen LogP contribution in [0.25, 0.3) is 0 Å². The van der Waals surface area contributed by atoms with Crippen LogP contribution in [0.1, 0.15) is 26.7 Å². The highest BCUT2D eigenvalue weighted by molar-refractivity contribution is 9.13. The van der Waals surface area contributed by atoms with Crippen LogP contribution in [0.15, 0.2) is 44.1 Å². The molecule has 0 fully saturated rings. The van der Waals surface area contributed by atoms with Gasteiger partial charge in [0.2, 0.25) is 5.78 Å². The Balaban J connectivity index is 2.60. The zero-order valence-electron chi connectivity index (χ0n) is 14.1. The maximum atomic E-state index is 12.9. The van der Waals surface area contributed by atoms with E-state index in [2.05, 4.69) is 43.2 Å². The van der Waals surface area contributed by atoms with Crippen LogP contribution in [0.2, 0.25) is 0 Å². The van der Waals surface area contributed by atoms with Gasteiger partial charge in [0.25, 0.3) is 6.10 Å². The molecule has 0 amide bonds. The molecule has 0 aromatic rings. The van der Waals surface area contributed by atoms with Gasteiger partial charge in [-0.3, -0.25) is 4.79 Å². The Morgan fingerprint density at radius 1 is 1.07 bits per heavy atom. The van der Waals surface area contributed by atoms with Gasteiger partial charge in [0, 0.05) is 5.41 Å². The lowest BCUT2D eigenvalue weighted by atomic mass is 9.65. The van der Waals surface area contributed by atoms with E-state index in [-0.39, 0.29) is 26.7 Å². The topological polar surface area (TPSA) is 26.3 Å². The minimum absolute atomic E-state index is 0.0314. The van der Waals surface area contributed by atoms with Crippen molar-refractivity contribution in [1.29, 1.82) is 0 Å². The molecule has 27 heavy (non-hydrogen) atoms. The first-order valence-electron chi connectivity index (χ1n) is 7.62. The molecule has 0 unspecified atom stereocenters. The van der Waals surface area contributed by atoms with Gasteiger partial charge in [-0.05, 0) is 81.3 Å². The van der Waals surface area contributed by atoms with Crippen molar-refractivity contribution >= 4 is 37.6 Å². The molecule has 0 aliphatic heterocycles. The summed E-state index contributed by atoms with van der Waals surface area (Å²) in [5, 5.41) is 0. The highest BCUT2D eigenvalue weighted by Crippen LogP contribution is 2.54. The third kappa shape index (κ3) is 3.92. The molecule has 0 N–H and O–H groups in total. The molecule has 0 saturated heterocycles. The van der Waals surface area contributed by atoms with Gasteiger partial charge in [-0.15, -0.1) is 0 Å². The second kappa shape index (κ2) is 7.09. The van der Waals surface area contributed by atoms with E-state index in [1.807, 2.05) is 0 Å². The molecule has 0 radical (unpaired) electrons. The summed E-state index contributed by atoms with van der Waals surface area (Å²) in [5.41, 5.74) is -0.0530. The van der Waals surface area contributed by atoms with Crippen LogP contribution in [0.3, 0.4) is 0 Å². The highest BCUT2D eigenvalue weighted by atomic mass is 79.9. The Morgan fingerprint density at radius 3 is 1.93 bits per heavy atom. The molecular weight excluding hydrogens is 510 g/mol. The Morgan fingerprint density at radius 2 is 1.52 bits per heavy atom. The van der Waals surface area contributed by atoms with Gasteiger partial charge < -0.3 is 4.74 Å². The quantitative estimate of drug-likeness (QED) is 0.379. The number of hydrogen-bond acceptors (Lipinski definition) is 2. The SMILES string of the molecule is C=C1CCC2(C=C1OC(C(F)(F)F)C(F)(F)F)C(C)=C(Br)C(=O)C(Br)=C2C. The molecule has 2 aliphatic carbocycles. The summed E-state index contributed by atoms with van der Waals surface area (Å²) in [5.74, 6) is -0.922. The fraction of sp³-hybridized carbons (Fsp3) is 0.471. The number of rotatable bonds is 2. The van der Waals surface area contributed by atoms with Crippen LogP contribution in [-0.2, 0) is 9.53 Å². The molecule has 150 valence electrons. The molecule has 1 spiro atoms. The van der Waals surface area contributed by atoms with Gasteiger partial charge in [-0.25, -0.2) is 0 Å². The van der Waals surface area contributed by atoms with Crippen molar-refractivity contribution in [2.45, 2.75) is 45.1 Å². The molecular formula is C17H14Br2F6O2. The molecule has 2 rings (SSSR count). The molecule has 2 nitrogen and oxygen atoms in total. The van der Waals surface area contributed by atoms with Crippen molar-refractivity contribution < 1.29 is 35.9 Å². The number of ketones is 1. The van der Waals surface area contributed by atoms with Crippen LogP contribution < -0.4 is 0 Å². The smallest absolute Gasteiger partial charge is 0.434 e. The Hall–Kier alpha value is -1.03. The van der Waals surface area contributed by atoms with Crippen LogP contribution in [0.5, 0.6) is 0 Å². The monoisotopic (exact) mass is 522 g/mol. The van der Waals surface area contributed by atoms with Crippen molar-refractivity contribution in [3.63, 3.8) is 0 Å². The molecule has 0 aromatic carbocycles. The van der Waals surface area contributed by atoms with E-state index in [0.717, 1.165) is 0 Å². The zero-order valence-corrected chi connectivity index (χ0v) is 17.3. The molecule has 0 heterocycles. The first-order chi connectivity index (χ1) is 12.1. The van der Waals surface area contributed by atoms with Gasteiger partial charge in [0.15, 0.2) is 0 Å². The molecule has 10 heteroatoms. The van der Waals surface area contributed by atoms with Crippen molar-refractivity contribution in [1.82, 2.24) is 0 Å². The summed E-state index contributed by atoms with van der Waals surface area (Å²) in [4.78, 5) is 12.2. The van der Waals surface area contributed by atoms with Gasteiger partial charge in [-0.2, -0.15) is 26.3 Å². The predicted octanol–water partition coefficient (Wildman–Crippen LogP) is 6.64. The van der Waals surface area contributed by atoms with Crippen molar-refractivity contribution in [3.8, 4) is 0 Å². The van der Waals surface area contributed by atoms with Gasteiger partial charge in [-0.1, -0.05) is 6.58 Å². The maximum Gasteiger partial charge on any atom is 0.434 e. The van der Waals surface area contributed by atoms with E-state index >= 15 is 0 Å². The third-order valence-electron chi connectivity index (χ3n) is 4.78. The predicted molar refractivity (Wildman–Crippen MR) is 94.1 cm³/mol. The standard InChI is InChI=1S/C17H14Br2F6O2/c1-7-4-5-15(8(2)11(18)13(26)12(19)9(15)3)6-10(7)27-14(16(20,21)22)17(23,24)25/h6,14H,1,4-5H2,2-3H3. The average molecular weight is 524 g/mol. The normalized spacial score (nSPS) is 21.4. The maximum absolute atomic E-state index is 12.9. The van der Waals surface area contributed by atoms with E-state index in [9.17, 15) is 31.1 Å². The highest BCUT2D eigenvalue weighted by Gasteiger charge is 2.59. The van der Waals surface area contributed by atoms with Gasteiger partial charge >= 0.3 is 12.4 Å². The first kappa shape index (κ1) is 22.3. The fourth-order valence-corrected chi connectivity index (χ4v) is 4.50. The largest absolute Gasteiger partial charge is 0.471 e. The molecule has 0 aromatic heterocycles. The molecule has 0 bridgehead atoms. The summed E-state index contributed by atoms with van der Waals surface area (Å²) >= 11 is 6.32. The van der Waals surface area contributed by atoms with Crippen LogP contribution in [0.4, 0.5) is 26.3 Å². The summed E-state index contributed by atoms with van der Waals surface area (Å²) in [7, 11) is 0. The lowest BCUT2D eigenvalue weighted by molar-refractivity contribution is -0.312. The summed E-state index contributed by atoms with van der Waals surface area (Å²) in [6.45, 7) is 6.73. The second-order valence-electron chi connectivity index (χ2n) is 6.37. The lowest BCUT2D eigenvalue weighted by Gasteiger charge is -2.41. The number of ether oxygens (including phenoxy) is 1. The Kier molecular flexibility index (Phi) is 5.85. The number of halogens is 8. The van der Waals surface area contributed by atoms with E-state index in [0.29, 0.717) is 17.6 Å². The molecule has 2 aliphatic rings. The van der Waals surface area contributed by atoms with E-state index < -0.39 is 29.6 Å². The first-order valence-corrected chi connectivity index (χ1v) is 9.21. The lowest BCUT2D eigenvalue weighted by Crippen LogP contribution is -2.44. The van der Waals surface area contributed by atoms with Crippen LogP contribution in [0, 0.1) is 5.41 Å². The minimum atomic E-state index is -5.64. The summed E-state index contributed by atoms with van der Waals surface area (Å²) in [6.07, 6.45) is -13.6. The Labute approximate surface area is 168 Å². The van der Waals surface area contributed by atoms with E-state index in [1.165, 1.54) is 6.08 Å². The fourth-order valence-electron chi connectivity index (χ4n) is 3.13. The Bertz CT molecular complexity index is 744. The number of carbonyl (C=O) groups excluding carboxylic acids is 1. The number of alkyl halides is 6. The van der Waals surface area contributed by atoms with Crippen molar-refractivity contribution in [2.75, 3.05) is 0 Å². The minimum Gasteiger partial charge on any atom is -0.471 e. The van der Waals surface area contributed by atoms with Crippen molar-refractivity contribution in [2.24, 2.45) is 5.41 Å². The van der Waals surface area contributed by atoms with Crippen molar-refractivity contribution in [3.05, 3.63) is 44.1 Å². The van der Waals surface area contributed by atoms with Gasteiger partial charge in [0.1, 0.15) is 5.76 Å². The molecule has 0 atom stereocenters. The number of Topliss-reactive ketones (excluding diaryl/α,β-unsaturated/α-hetero) is 1. The van der Waals surface area contributed by atoms with E-state index in [4.69, 9.17) is 0 Å². The number of hydrogen-bond donors (Lipinski definition) is 0. The third-order valence-corrected chi connectivity index (χ3v) is 6.69. The molecule has 0 saturated carbocycles. The number of allylic oxidation sites excluding steroid dienone is 6. The zero-order chi connectivity index (χ0) is 20.9. The summed E-state index contributed by atoms with van der Waals surface area (Å²) in [6, 6.07) is 0. The summed E-state index contributed by atoms with van der Waals surface area (Å²) < 4.78 is 82.1. The van der Waals surface area contributed by atoms with Gasteiger partial charge in [0.05, 0.1) is 8.96 Å². The average Bonchev–Trinajstić information content (AvgIpc) is 2.54. The second-order valence-corrected chi connectivity index (χ2v) is 7.96. The van der Waals surface area contributed by atoms with E-state index in [1.54, 1.807) is 13.8 Å².